The van der Waals surface area contributed by atoms with Crippen molar-refractivity contribution in [1.29, 1.82) is 0 Å². The number of hydrogen-bond donors (Lipinski definition) is 2. The maximum Gasteiger partial charge on any atom is 0.322 e. The van der Waals surface area contributed by atoms with Crippen LogP contribution in [0.2, 0.25) is 0 Å². The minimum Gasteiger partial charge on any atom is -0.408 e. The average molecular weight is 289 g/mol. The van der Waals surface area contributed by atoms with Crippen LogP contribution in [0.15, 0.2) is 16.5 Å². The first-order valence-electron chi connectivity index (χ1n) is 6.87. The summed E-state index contributed by atoms with van der Waals surface area (Å²) in [5.74, 6) is 0.995. The number of nitrogens with one attached hydrogen (secondary N) is 2. The number of amides is 1. The van der Waals surface area contributed by atoms with Gasteiger partial charge in [0.1, 0.15) is 5.82 Å². The van der Waals surface area contributed by atoms with Gasteiger partial charge in [0.15, 0.2) is 0 Å². The molecule has 0 fully saturated rings. The van der Waals surface area contributed by atoms with E-state index in [9.17, 15) is 4.79 Å². The first-order chi connectivity index (χ1) is 9.99. The number of rotatable bonds is 5. The predicted molar refractivity (Wildman–Crippen MR) is 79.5 cm³/mol. The third kappa shape index (κ3) is 3.77. The smallest absolute Gasteiger partial charge is 0.322 e. The molecule has 0 aromatic carbocycles. The lowest BCUT2D eigenvalue weighted by atomic mass is 10.1. The standard InChI is InChI=1S/C14H19N5O2/c1-5-15-12-7-10(6-11(16-12)8(2)3)13(20)17-14-19-18-9(4)21-14/h6-8H,5H2,1-4H3,(H,15,16)(H,17,19,20). The Morgan fingerprint density at radius 2 is 2.10 bits per heavy atom. The average Bonchev–Trinajstić information content (AvgIpc) is 2.84. The van der Waals surface area contributed by atoms with Gasteiger partial charge in [0.25, 0.3) is 5.91 Å². The molecule has 0 spiro atoms. The molecule has 0 aliphatic heterocycles. The minimum absolute atomic E-state index is 0.0883. The SMILES string of the molecule is CCNc1cc(C(=O)Nc2nnc(C)o2)cc(C(C)C)n1. The number of aryl methyl sites for hydroxylation is 1. The van der Waals surface area contributed by atoms with Gasteiger partial charge in [-0.3, -0.25) is 10.1 Å². The maximum absolute atomic E-state index is 12.3. The third-order valence-electron chi connectivity index (χ3n) is 2.80. The molecule has 0 saturated heterocycles. The fourth-order valence-electron chi connectivity index (χ4n) is 1.77. The highest BCUT2D eigenvalue weighted by molar-refractivity contribution is 6.03. The van der Waals surface area contributed by atoms with E-state index in [1.807, 2.05) is 20.8 Å². The molecule has 1 amide bonds. The topological polar surface area (TPSA) is 92.9 Å². The van der Waals surface area contributed by atoms with E-state index in [0.29, 0.717) is 17.3 Å². The van der Waals surface area contributed by atoms with E-state index in [-0.39, 0.29) is 17.8 Å². The lowest BCUT2D eigenvalue weighted by molar-refractivity contribution is 0.102. The molecule has 0 bridgehead atoms. The molecule has 7 nitrogen and oxygen atoms in total. The number of carbonyl (C=O) groups excluding carboxylic acids is 1. The van der Waals surface area contributed by atoms with Crippen LogP contribution >= 0.6 is 0 Å². The van der Waals surface area contributed by atoms with Crippen LogP contribution in [0.5, 0.6) is 0 Å². The third-order valence-corrected chi connectivity index (χ3v) is 2.80. The molecule has 0 aliphatic carbocycles. The van der Waals surface area contributed by atoms with Crippen LogP contribution in [0.4, 0.5) is 11.8 Å². The Kier molecular flexibility index (Phi) is 4.52. The van der Waals surface area contributed by atoms with Crippen molar-refractivity contribution in [2.75, 3.05) is 17.2 Å². The Hall–Kier alpha value is -2.44. The number of nitrogens with zero attached hydrogens (tertiary/aromatic N) is 3. The molecule has 2 aromatic rings. The van der Waals surface area contributed by atoms with Gasteiger partial charge in [0.2, 0.25) is 5.89 Å². The van der Waals surface area contributed by atoms with Crippen molar-refractivity contribution in [2.45, 2.75) is 33.6 Å². The Balaban J connectivity index is 2.26. The van der Waals surface area contributed by atoms with Crippen molar-refractivity contribution in [3.8, 4) is 0 Å². The van der Waals surface area contributed by atoms with Crippen molar-refractivity contribution in [2.24, 2.45) is 0 Å². The lowest BCUT2D eigenvalue weighted by Crippen LogP contribution is -2.14. The van der Waals surface area contributed by atoms with E-state index in [1.54, 1.807) is 19.1 Å². The summed E-state index contributed by atoms with van der Waals surface area (Å²) in [6.07, 6.45) is 0. The van der Waals surface area contributed by atoms with E-state index in [4.69, 9.17) is 4.42 Å². The van der Waals surface area contributed by atoms with Gasteiger partial charge in [0, 0.05) is 24.7 Å². The van der Waals surface area contributed by atoms with Gasteiger partial charge >= 0.3 is 6.01 Å². The van der Waals surface area contributed by atoms with Gasteiger partial charge in [-0.25, -0.2) is 4.98 Å². The van der Waals surface area contributed by atoms with Crippen molar-refractivity contribution in [3.63, 3.8) is 0 Å². The first-order valence-corrected chi connectivity index (χ1v) is 6.87. The van der Waals surface area contributed by atoms with Crippen LogP contribution in [0.3, 0.4) is 0 Å². The van der Waals surface area contributed by atoms with Gasteiger partial charge < -0.3 is 9.73 Å². The van der Waals surface area contributed by atoms with E-state index in [2.05, 4.69) is 25.8 Å². The molecule has 7 heteroatoms. The summed E-state index contributed by atoms with van der Waals surface area (Å²) in [4.78, 5) is 16.7. The maximum atomic E-state index is 12.3. The molecule has 112 valence electrons. The van der Waals surface area contributed by atoms with Crippen LogP contribution < -0.4 is 10.6 Å². The number of aromatic nitrogens is 3. The number of carbonyl (C=O) groups is 1. The summed E-state index contributed by atoms with van der Waals surface area (Å²) in [6, 6.07) is 3.56. The second kappa shape index (κ2) is 6.34. The van der Waals surface area contributed by atoms with E-state index >= 15 is 0 Å². The fourth-order valence-corrected chi connectivity index (χ4v) is 1.77. The van der Waals surface area contributed by atoms with Crippen molar-refractivity contribution < 1.29 is 9.21 Å². The van der Waals surface area contributed by atoms with Gasteiger partial charge in [0.05, 0.1) is 0 Å². The highest BCUT2D eigenvalue weighted by Crippen LogP contribution is 2.18. The zero-order valence-electron chi connectivity index (χ0n) is 12.6. The minimum atomic E-state index is -0.304. The molecule has 2 heterocycles. The van der Waals surface area contributed by atoms with Crippen molar-refractivity contribution in [3.05, 3.63) is 29.3 Å². The van der Waals surface area contributed by atoms with E-state index in [0.717, 1.165) is 12.2 Å². The Bertz CT molecular complexity index is 636. The number of pyridine rings is 1. The molecule has 0 atom stereocenters. The van der Waals surface area contributed by atoms with Gasteiger partial charge in [-0.05, 0) is 25.0 Å². The molecule has 2 aromatic heterocycles. The zero-order valence-corrected chi connectivity index (χ0v) is 12.6. The Morgan fingerprint density at radius 3 is 2.67 bits per heavy atom. The summed E-state index contributed by atoms with van der Waals surface area (Å²) < 4.78 is 5.15. The Labute approximate surface area is 123 Å². The second-order valence-corrected chi connectivity index (χ2v) is 4.93. The van der Waals surface area contributed by atoms with Crippen LogP contribution in [0.25, 0.3) is 0 Å². The monoisotopic (exact) mass is 289 g/mol. The largest absolute Gasteiger partial charge is 0.408 e. The van der Waals surface area contributed by atoms with Gasteiger partial charge in [-0.2, -0.15) is 0 Å². The molecule has 0 aliphatic rings. The summed E-state index contributed by atoms with van der Waals surface area (Å²) in [7, 11) is 0. The Morgan fingerprint density at radius 1 is 1.33 bits per heavy atom. The van der Waals surface area contributed by atoms with Crippen LogP contribution in [0, 0.1) is 6.92 Å². The molecule has 0 radical (unpaired) electrons. The van der Waals surface area contributed by atoms with E-state index < -0.39 is 0 Å². The second-order valence-electron chi connectivity index (χ2n) is 4.93. The zero-order chi connectivity index (χ0) is 15.4. The molecule has 2 rings (SSSR count). The van der Waals surface area contributed by atoms with Crippen LogP contribution in [0.1, 0.15) is 48.6 Å². The molecular weight excluding hydrogens is 270 g/mol. The van der Waals surface area contributed by atoms with Crippen LogP contribution in [-0.2, 0) is 0 Å². The lowest BCUT2D eigenvalue weighted by Gasteiger charge is -2.11. The van der Waals surface area contributed by atoms with Crippen molar-refractivity contribution in [1.82, 2.24) is 15.2 Å². The normalized spacial score (nSPS) is 10.7. The molecular formula is C14H19N5O2. The quantitative estimate of drug-likeness (QED) is 0.878. The molecule has 2 N–H and O–H groups in total. The molecule has 0 saturated carbocycles. The number of anilines is 2. The molecule has 0 unspecified atom stereocenters. The molecule has 21 heavy (non-hydrogen) atoms. The fraction of sp³-hybridized carbons (Fsp3) is 0.429. The van der Waals surface area contributed by atoms with Gasteiger partial charge in [-0.15, -0.1) is 5.10 Å². The summed E-state index contributed by atoms with van der Waals surface area (Å²) in [5.41, 5.74) is 1.35. The first kappa shape index (κ1) is 15.0. The summed E-state index contributed by atoms with van der Waals surface area (Å²) >= 11 is 0. The summed E-state index contributed by atoms with van der Waals surface area (Å²) in [6.45, 7) is 8.43. The highest BCUT2D eigenvalue weighted by atomic mass is 16.4. The highest BCUT2D eigenvalue weighted by Gasteiger charge is 2.14. The van der Waals surface area contributed by atoms with E-state index in [1.165, 1.54) is 0 Å². The van der Waals surface area contributed by atoms with Gasteiger partial charge in [-0.1, -0.05) is 18.9 Å². The van der Waals surface area contributed by atoms with Crippen LogP contribution in [-0.4, -0.2) is 27.6 Å². The van der Waals surface area contributed by atoms with Crippen molar-refractivity contribution >= 4 is 17.7 Å². The number of hydrogen-bond acceptors (Lipinski definition) is 6. The summed E-state index contributed by atoms with van der Waals surface area (Å²) in [5, 5.41) is 13.1. The predicted octanol–water partition coefficient (Wildman–Crippen LogP) is 2.58.